The van der Waals surface area contributed by atoms with Crippen molar-refractivity contribution in [3.63, 3.8) is 0 Å². The molecule has 2 saturated carbocycles. The molecule has 98 valence electrons. The maximum Gasteiger partial charge on any atom is 0.226 e. The van der Waals surface area contributed by atoms with E-state index in [0.29, 0.717) is 35.6 Å². The molecule has 2 atom stereocenters. The fourth-order valence-corrected chi connectivity index (χ4v) is 3.52. The Morgan fingerprint density at radius 3 is 2.35 bits per heavy atom. The molecule has 0 spiro atoms. The van der Waals surface area contributed by atoms with Crippen molar-refractivity contribution in [2.75, 3.05) is 12.4 Å². The summed E-state index contributed by atoms with van der Waals surface area (Å²) < 4.78 is 0. The molecule has 0 N–H and O–H groups in total. The predicted molar refractivity (Wildman–Crippen MR) is 71.1 cm³/mol. The van der Waals surface area contributed by atoms with Gasteiger partial charge in [0.15, 0.2) is 0 Å². The van der Waals surface area contributed by atoms with Crippen molar-refractivity contribution in [3.8, 4) is 0 Å². The maximum atomic E-state index is 12.5. The van der Waals surface area contributed by atoms with Crippen LogP contribution in [-0.2, 0) is 4.79 Å². The van der Waals surface area contributed by atoms with E-state index in [1.807, 2.05) is 4.90 Å². The van der Waals surface area contributed by atoms with Crippen molar-refractivity contribution in [2.24, 2.45) is 17.8 Å². The first-order valence-electron chi connectivity index (χ1n) is 7.03. The second-order valence-corrected chi connectivity index (χ2v) is 6.18. The van der Waals surface area contributed by atoms with Crippen LogP contribution in [0.4, 0.5) is 0 Å². The van der Waals surface area contributed by atoms with Gasteiger partial charge >= 0.3 is 0 Å². The lowest BCUT2D eigenvalue weighted by Gasteiger charge is -2.27. The van der Waals surface area contributed by atoms with Crippen LogP contribution < -0.4 is 0 Å². The molecule has 0 aromatic rings. The Bertz CT molecular complexity index is 267. The van der Waals surface area contributed by atoms with Crippen molar-refractivity contribution < 1.29 is 4.79 Å². The molecule has 17 heavy (non-hydrogen) atoms. The zero-order chi connectivity index (χ0) is 12.4. The molecular weight excluding hydrogens is 234 g/mol. The third-order valence-electron chi connectivity index (χ3n) is 4.38. The monoisotopic (exact) mass is 257 g/mol. The third-order valence-corrected chi connectivity index (χ3v) is 4.65. The summed E-state index contributed by atoms with van der Waals surface area (Å²) in [5.74, 6) is 2.84. The quantitative estimate of drug-likeness (QED) is 0.692. The van der Waals surface area contributed by atoms with Crippen molar-refractivity contribution in [1.29, 1.82) is 0 Å². The summed E-state index contributed by atoms with van der Waals surface area (Å²) in [5.41, 5.74) is 0. The Morgan fingerprint density at radius 2 is 1.88 bits per heavy atom. The number of halogens is 1. The fraction of sp³-hybridized carbons (Fsp3) is 0.929. The van der Waals surface area contributed by atoms with Gasteiger partial charge in [-0.2, -0.15) is 0 Å². The van der Waals surface area contributed by atoms with E-state index in [9.17, 15) is 4.79 Å². The first-order valence-corrected chi connectivity index (χ1v) is 7.56. The smallest absolute Gasteiger partial charge is 0.226 e. The number of hydrogen-bond acceptors (Lipinski definition) is 1. The van der Waals surface area contributed by atoms with Gasteiger partial charge in [0.25, 0.3) is 0 Å². The average molecular weight is 258 g/mol. The summed E-state index contributed by atoms with van der Waals surface area (Å²) in [6.07, 6.45) is 6.13. The molecular formula is C14H24ClNO. The molecule has 0 saturated heterocycles. The van der Waals surface area contributed by atoms with Gasteiger partial charge in [0.1, 0.15) is 0 Å². The Morgan fingerprint density at radius 1 is 1.29 bits per heavy atom. The van der Waals surface area contributed by atoms with Gasteiger partial charge in [-0.15, -0.1) is 11.6 Å². The van der Waals surface area contributed by atoms with E-state index in [1.54, 1.807) is 0 Å². The Hall–Kier alpha value is -0.240. The van der Waals surface area contributed by atoms with Crippen molar-refractivity contribution >= 4 is 17.5 Å². The van der Waals surface area contributed by atoms with Crippen LogP contribution in [0.2, 0.25) is 0 Å². The molecule has 2 nitrogen and oxygen atoms in total. The minimum Gasteiger partial charge on any atom is -0.340 e. The highest BCUT2D eigenvalue weighted by molar-refractivity contribution is 6.17. The van der Waals surface area contributed by atoms with Gasteiger partial charge in [0.05, 0.1) is 0 Å². The third kappa shape index (κ3) is 2.78. The van der Waals surface area contributed by atoms with Crippen molar-refractivity contribution in [3.05, 3.63) is 0 Å². The van der Waals surface area contributed by atoms with Gasteiger partial charge in [0, 0.05) is 24.4 Å². The molecule has 0 aliphatic heterocycles. The molecule has 0 heterocycles. The van der Waals surface area contributed by atoms with Gasteiger partial charge in [-0.3, -0.25) is 4.79 Å². The summed E-state index contributed by atoms with van der Waals surface area (Å²) in [6.45, 7) is 5.05. The lowest BCUT2D eigenvalue weighted by Crippen LogP contribution is -2.39. The van der Waals surface area contributed by atoms with Gasteiger partial charge in [-0.1, -0.05) is 12.8 Å². The van der Waals surface area contributed by atoms with E-state index < -0.39 is 0 Å². The molecule has 2 aliphatic rings. The highest BCUT2D eigenvalue weighted by atomic mass is 35.5. The number of nitrogens with zero attached hydrogens (tertiary/aromatic N) is 1. The summed E-state index contributed by atoms with van der Waals surface area (Å²) in [6, 6.07) is 0.313. The normalized spacial score (nSPS) is 31.2. The van der Waals surface area contributed by atoms with Gasteiger partial charge in [0.2, 0.25) is 5.91 Å². The molecule has 1 amide bonds. The number of carbonyl (C=O) groups is 1. The summed E-state index contributed by atoms with van der Waals surface area (Å²) in [4.78, 5) is 14.5. The first-order chi connectivity index (χ1) is 8.16. The van der Waals surface area contributed by atoms with Crippen LogP contribution in [0.15, 0.2) is 0 Å². The van der Waals surface area contributed by atoms with E-state index in [2.05, 4.69) is 13.8 Å². The average Bonchev–Trinajstić information content (AvgIpc) is 3.02. The van der Waals surface area contributed by atoms with E-state index in [0.717, 1.165) is 13.0 Å². The number of rotatable bonds is 5. The Labute approximate surface area is 110 Å². The van der Waals surface area contributed by atoms with Crippen molar-refractivity contribution in [1.82, 2.24) is 4.90 Å². The lowest BCUT2D eigenvalue weighted by atomic mass is 10.0. The second kappa shape index (κ2) is 5.60. The Kier molecular flexibility index (Phi) is 4.35. The fourth-order valence-electron chi connectivity index (χ4n) is 3.40. The molecule has 0 aromatic carbocycles. The topological polar surface area (TPSA) is 20.3 Å². The highest BCUT2D eigenvalue weighted by Gasteiger charge is 2.55. The second-order valence-electron chi connectivity index (χ2n) is 5.81. The molecule has 2 fully saturated rings. The molecule has 0 aromatic heterocycles. The largest absolute Gasteiger partial charge is 0.340 e. The summed E-state index contributed by atoms with van der Waals surface area (Å²) in [5, 5.41) is 0. The summed E-state index contributed by atoms with van der Waals surface area (Å²) >= 11 is 5.73. The zero-order valence-electron chi connectivity index (χ0n) is 11.0. The van der Waals surface area contributed by atoms with Crippen LogP contribution in [-0.4, -0.2) is 29.3 Å². The number of fused-ring (bicyclic) bond motifs is 1. The van der Waals surface area contributed by atoms with Gasteiger partial charge in [-0.05, 0) is 44.9 Å². The zero-order valence-corrected chi connectivity index (χ0v) is 11.7. The van der Waals surface area contributed by atoms with Crippen LogP contribution in [0.1, 0.15) is 46.0 Å². The van der Waals surface area contributed by atoms with Crippen molar-refractivity contribution in [2.45, 2.75) is 52.0 Å². The molecule has 2 unspecified atom stereocenters. The van der Waals surface area contributed by atoms with Crippen LogP contribution in [0.25, 0.3) is 0 Å². The number of alkyl halides is 1. The number of carbonyl (C=O) groups excluding carboxylic acids is 1. The predicted octanol–water partition coefficient (Wildman–Crippen LogP) is 3.29. The molecule has 0 bridgehead atoms. The molecule has 0 radical (unpaired) electrons. The van der Waals surface area contributed by atoms with E-state index in [-0.39, 0.29) is 0 Å². The van der Waals surface area contributed by atoms with Crippen LogP contribution >= 0.6 is 11.6 Å². The van der Waals surface area contributed by atoms with Crippen LogP contribution in [0.5, 0.6) is 0 Å². The first kappa shape index (κ1) is 13.2. The van der Waals surface area contributed by atoms with E-state index >= 15 is 0 Å². The SMILES string of the molecule is CC(C)N(CCCCl)C(=O)C1C2CCCCC21. The minimum absolute atomic E-state index is 0.313. The summed E-state index contributed by atoms with van der Waals surface area (Å²) in [7, 11) is 0. The molecule has 2 aliphatic carbocycles. The molecule has 2 rings (SSSR count). The minimum atomic E-state index is 0.313. The maximum absolute atomic E-state index is 12.5. The van der Waals surface area contributed by atoms with Crippen LogP contribution in [0.3, 0.4) is 0 Å². The van der Waals surface area contributed by atoms with Gasteiger partial charge in [-0.25, -0.2) is 0 Å². The van der Waals surface area contributed by atoms with Gasteiger partial charge < -0.3 is 4.90 Å². The standard InChI is InChI=1S/C14H24ClNO/c1-10(2)16(9-5-8-15)14(17)13-11-6-3-4-7-12(11)13/h10-13H,3-9H2,1-2H3. The number of amides is 1. The van der Waals surface area contributed by atoms with E-state index in [4.69, 9.17) is 11.6 Å². The molecule has 3 heteroatoms. The van der Waals surface area contributed by atoms with Crippen LogP contribution in [0, 0.1) is 17.8 Å². The lowest BCUT2D eigenvalue weighted by molar-refractivity contribution is -0.134. The number of hydrogen-bond donors (Lipinski definition) is 0. The van der Waals surface area contributed by atoms with E-state index in [1.165, 1.54) is 25.7 Å². The Balaban J connectivity index is 1.92. The highest BCUT2D eigenvalue weighted by Crippen LogP contribution is 2.56.